The Hall–Kier alpha value is -2.14. The predicted molar refractivity (Wildman–Crippen MR) is 94.5 cm³/mol. The quantitative estimate of drug-likeness (QED) is 0.781. The van der Waals surface area contributed by atoms with Crippen molar-refractivity contribution in [1.82, 2.24) is 15.0 Å². The monoisotopic (exact) mass is 329 g/mol. The first-order valence-corrected chi connectivity index (χ1v) is 8.33. The lowest BCUT2D eigenvalue weighted by Crippen LogP contribution is -2.38. The number of carbonyl (C=O) groups is 1. The summed E-state index contributed by atoms with van der Waals surface area (Å²) in [5.74, 6) is 0.988. The Morgan fingerprint density at radius 1 is 1.12 bits per heavy atom. The van der Waals surface area contributed by atoms with Crippen LogP contribution in [0.3, 0.4) is 0 Å². The molecule has 1 aromatic heterocycles. The molecule has 1 atom stereocenters. The summed E-state index contributed by atoms with van der Waals surface area (Å²) in [5.41, 5.74) is 1.61. The fourth-order valence-corrected chi connectivity index (χ4v) is 2.52. The number of hydrogen-bond donors (Lipinski definition) is 0. The van der Waals surface area contributed by atoms with E-state index in [0.717, 1.165) is 6.54 Å². The Kier molecular flexibility index (Phi) is 6.15. The lowest BCUT2D eigenvalue weighted by atomic mass is 10.1. The van der Waals surface area contributed by atoms with Crippen molar-refractivity contribution in [3.63, 3.8) is 0 Å². The van der Waals surface area contributed by atoms with Gasteiger partial charge in [-0.2, -0.15) is 0 Å². The molecule has 0 aliphatic heterocycles. The molecule has 130 valence electrons. The normalized spacial score (nSPS) is 12.6. The van der Waals surface area contributed by atoms with Gasteiger partial charge in [-0.05, 0) is 25.5 Å². The number of rotatable bonds is 7. The summed E-state index contributed by atoms with van der Waals surface area (Å²) in [6.07, 6.45) is 0. The van der Waals surface area contributed by atoms with Gasteiger partial charge in [0.15, 0.2) is 11.5 Å². The lowest BCUT2D eigenvalue weighted by Gasteiger charge is -2.27. The molecule has 1 heterocycles. The van der Waals surface area contributed by atoms with Gasteiger partial charge in [0.2, 0.25) is 0 Å². The Morgan fingerprint density at radius 3 is 2.42 bits per heavy atom. The largest absolute Gasteiger partial charge is 0.359 e. The van der Waals surface area contributed by atoms with Gasteiger partial charge in [-0.3, -0.25) is 9.69 Å². The van der Waals surface area contributed by atoms with Gasteiger partial charge in [0.05, 0.1) is 6.54 Å². The van der Waals surface area contributed by atoms with Gasteiger partial charge in [0, 0.05) is 25.7 Å². The molecule has 0 spiro atoms. The maximum Gasteiger partial charge on any atom is 0.276 e. The molecule has 0 fully saturated rings. The zero-order valence-corrected chi connectivity index (χ0v) is 15.2. The molecule has 2 rings (SSSR count). The zero-order valence-electron chi connectivity index (χ0n) is 15.2. The SMILES string of the molecule is CC(C)[C@H](C)N(C)C(=O)c1cc(CN(C)Cc2ccccc2)on1. The van der Waals surface area contributed by atoms with E-state index in [9.17, 15) is 4.79 Å². The molecule has 5 nitrogen and oxygen atoms in total. The van der Waals surface area contributed by atoms with Crippen molar-refractivity contribution in [2.75, 3.05) is 14.1 Å². The number of amides is 1. The molecule has 24 heavy (non-hydrogen) atoms. The van der Waals surface area contributed by atoms with Crippen LogP contribution < -0.4 is 0 Å². The van der Waals surface area contributed by atoms with E-state index >= 15 is 0 Å². The summed E-state index contributed by atoms with van der Waals surface area (Å²) < 4.78 is 5.35. The van der Waals surface area contributed by atoms with E-state index in [2.05, 4.69) is 36.0 Å². The Balaban J connectivity index is 1.96. The van der Waals surface area contributed by atoms with Crippen LogP contribution in [0, 0.1) is 5.92 Å². The van der Waals surface area contributed by atoms with Crippen LogP contribution in [0.5, 0.6) is 0 Å². The van der Waals surface area contributed by atoms with Crippen LogP contribution >= 0.6 is 0 Å². The van der Waals surface area contributed by atoms with E-state index in [4.69, 9.17) is 4.52 Å². The molecule has 0 N–H and O–H groups in total. The number of benzene rings is 1. The van der Waals surface area contributed by atoms with Gasteiger partial charge >= 0.3 is 0 Å². The molecule has 0 unspecified atom stereocenters. The number of nitrogens with zero attached hydrogens (tertiary/aromatic N) is 3. The molecule has 0 saturated heterocycles. The molecule has 0 bridgehead atoms. The highest BCUT2D eigenvalue weighted by molar-refractivity contribution is 5.92. The number of hydrogen-bond acceptors (Lipinski definition) is 4. The van der Waals surface area contributed by atoms with E-state index in [0.29, 0.717) is 23.9 Å². The van der Waals surface area contributed by atoms with E-state index in [1.54, 1.807) is 11.0 Å². The molecule has 5 heteroatoms. The van der Waals surface area contributed by atoms with E-state index in [-0.39, 0.29) is 11.9 Å². The van der Waals surface area contributed by atoms with Gasteiger partial charge in [-0.25, -0.2) is 0 Å². The summed E-state index contributed by atoms with van der Waals surface area (Å²) in [6, 6.07) is 12.1. The van der Waals surface area contributed by atoms with Crippen LogP contribution in [-0.2, 0) is 13.1 Å². The zero-order chi connectivity index (χ0) is 17.7. The minimum absolute atomic E-state index is 0.100. The van der Waals surface area contributed by atoms with Crippen LogP contribution in [0.2, 0.25) is 0 Å². The van der Waals surface area contributed by atoms with Crippen LogP contribution in [0.25, 0.3) is 0 Å². The molecule has 1 amide bonds. The van der Waals surface area contributed by atoms with Gasteiger partial charge < -0.3 is 9.42 Å². The first kappa shape index (κ1) is 18.2. The number of carbonyl (C=O) groups excluding carboxylic acids is 1. The average Bonchev–Trinajstić information content (AvgIpc) is 3.01. The van der Waals surface area contributed by atoms with Gasteiger partial charge in [-0.15, -0.1) is 0 Å². The van der Waals surface area contributed by atoms with Crippen molar-refractivity contribution in [2.45, 2.75) is 39.9 Å². The molecule has 1 aromatic carbocycles. The first-order valence-electron chi connectivity index (χ1n) is 8.33. The molecule has 0 aliphatic rings. The minimum Gasteiger partial charge on any atom is -0.359 e. The third-order valence-corrected chi connectivity index (χ3v) is 4.40. The summed E-state index contributed by atoms with van der Waals surface area (Å²) in [6.45, 7) is 7.66. The summed E-state index contributed by atoms with van der Waals surface area (Å²) in [4.78, 5) is 16.3. The van der Waals surface area contributed by atoms with Crippen LogP contribution in [0.1, 0.15) is 42.6 Å². The molecule has 0 saturated carbocycles. The van der Waals surface area contributed by atoms with Crippen molar-refractivity contribution in [3.8, 4) is 0 Å². The van der Waals surface area contributed by atoms with Crippen LogP contribution in [-0.4, -0.2) is 41.0 Å². The Morgan fingerprint density at radius 2 is 1.79 bits per heavy atom. The average molecular weight is 329 g/mol. The smallest absolute Gasteiger partial charge is 0.276 e. The molecule has 0 radical (unpaired) electrons. The standard InChI is InChI=1S/C19H27N3O2/c1-14(2)15(3)22(5)19(23)18-11-17(24-20-18)13-21(4)12-16-9-7-6-8-10-16/h6-11,14-15H,12-13H2,1-5H3/t15-/m0/s1. The van der Waals surface area contributed by atoms with Gasteiger partial charge in [0.1, 0.15) is 0 Å². The Labute approximate surface area is 144 Å². The summed E-state index contributed by atoms with van der Waals surface area (Å²) >= 11 is 0. The van der Waals surface area contributed by atoms with Crippen molar-refractivity contribution < 1.29 is 9.32 Å². The van der Waals surface area contributed by atoms with Gasteiger partial charge in [0.25, 0.3) is 5.91 Å². The second-order valence-corrected chi connectivity index (χ2v) is 6.74. The fraction of sp³-hybridized carbons (Fsp3) is 0.474. The maximum absolute atomic E-state index is 12.5. The summed E-state index contributed by atoms with van der Waals surface area (Å²) in [5, 5.41) is 3.95. The van der Waals surface area contributed by atoms with Crippen LogP contribution in [0.4, 0.5) is 0 Å². The molecule has 0 aliphatic carbocycles. The van der Waals surface area contributed by atoms with Crippen molar-refractivity contribution >= 4 is 5.91 Å². The lowest BCUT2D eigenvalue weighted by molar-refractivity contribution is 0.0696. The summed E-state index contributed by atoms with van der Waals surface area (Å²) in [7, 11) is 3.83. The molecular weight excluding hydrogens is 302 g/mol. The van der Waals surface area contributed by atoms with Gasteiger partial charge in [-0.1, -0.05) is 49.3 Å². The van der Waals surface area contributed by atoms with E-state index in [1.165, 1.54) is 5.56 Å². The van der Waals surface area contributed by atoms with Crippen molar-refractivity contribution in [2.24, 2.45) is 5.92 Å². The predicted octanol–water partition coefficient (Wildman–Crippen LogP) is 3.42. The first-order chi connectivity index (χ1) is 11.4. The second kappa shape index (κ2) is 8.11. The molecule has 2 aromatic rings. The third-order valence-electron chi connectivity index (χ3n) is 4.40. The van der Waals surface area contributed by atoms with Crippen molar-refractivity contribution in [1.29, 1.82) is 0 Å². The highest BCUT2D eigenvalue weighted by atomic mass is 16.5. The molecular formula is C19H27N3O2. The highest BCUT2D eigenvalue weighted by Gasteiger charge is 2.23. The second-order valence-electron chi connectivity index (χ2n) is 6.74. The maximum atomic E-state index is 12.5. The van der Waals surface area contributed by atoms with Crippen LogP contribution in [0.15, 0.2) is 40.9 Å². The van der Waals surface area contributed by atoms with Crippen molar-refractivity contribution in [3.05, 3.63) is 53.4 Å². The minimum atomic E-state index is -0.100. The fourth-order valence-electron chi connectivity index (χ4n) is 2.52. The van der Waals surface area contributed by atoms with E-state index < -0.39 is 0 Å². The topological polar surface area (TPSA) is 49.6 Å². The Bertz CT molecular complexity index is 652. The third kappa shape index (κ3) is 4.68. The highest BCUT2D eigenvalue weighted by Crippen LogP contribution is 2.14. The van der Waals surface area contributed by atoms with E-state index in [1.807, 2.05) is 39.2 Å². The number of aromatic nitrogens is 1.